The van der Waals surface area contributed by atoms with Gasteiger partial charge in [-0.25, -0.2) is 0 Å². The Bertz CT molecular complexity index is 756. The van der Waals surface area contributed by atoms with E-state index in [0.29, 0.717) is 23.3 Å². The molecule has 0 bridgehead atoms. The lowest BCUT2D eigenvalue weighted by Gasteiger charge is -2.04. The summed E-state index contributed by atoms with van der Waals surface area (Å²) in [6, 6.07) is 14.8. The zero-order valence-electron chi connectivity index (χ0n) is 11.8. The first-order valence-electron chi connectivity index (χ1n) is 7.03. The molecule has 3 heteroatoms. The Morgan fingerprint density at radius 2 is 1.95 bits per heavy atom. The number of hydrogen-bond donors (Lipinski definition) is 0. The first kappa shape index (κ1) is 13.4. The standard InChI is InChI=1S/C18H16O3/c1-2-10-20-14-8-9-17-15(11-14)16(12-21-17)18(19)13-6-4-3-5-7-13/h3-9,11-12H,2,10H2,1H3. The Balaban J connectivity index is 2.00. The van der Waals surface area contributed by atoms with Crippen LogP contribution < -0.4 is 4.74 Å². The van der Waals surface area contributed by atoms with Crippen LogP contribution in [0.1, 0.15) is 29.3 Å². The van der Waals surface area contributed by atoms with E-state index in [-0.39, 0.29) is 5.78 Å². The highest BCUT2D eigenvalue weighted by atomic mass is 16.5. The summed E-state index contributed by atoms with van der Waals surface area (Å²) in [7, 11) is 0. The molecule has 1 aromatic heterocycles. The smallest absolute Gasteiger partial charge is 0.196 e. The van der Waals surface area contributed by atoms with Gasteiger partial charge in [0.1, 0.15) is 17.6 Å². The topological polar surface area (TPSA) is 39.4 Å². The van der Waals surface area contributed by atoms with Gasteiger partial charge in [0, 0.05) is 10.9 Å². The normalized spacial score (nSPS) is 10.7. The predicted molar refractivity (Wildman–Crippen MR) is 81.9 cm³/mol. The third kappa shape index (κ3) is 2.68. The number of carbonyl (C=O) groups excluding carboxylic acids is 1. The van der Waals surface area contributed by atoms with E-state index in [0.717, 1.165) is 17.6 Å². The molecule has 3 aromatic rings. The number of ketones is 1. The number of rotatable bonds is 5. The van der Waals surface area contributed by atoms with Crippen LogP contribution in [-0.4, -0.2) is 12.4 Å². The Morgan fingerprint density at radius 3 is 2.71 bits per heavy atom. The van der Waals surface area contributed by atoms with E-state index in [2.05, 4.69) is 6.92 Å². The van der Waals surface area contributed by atoms with Gasteiger partial charge in [0.25, 0.3) is 0 Å². The van der Waals surface area contributed by atoms with E-state index in [1.807, 2.05) is 36.4 Å². The van der Waals surface area contributed by atoms with Crippen LogP contribution >= 0.6 is 0 Å². The molecular weight excluding hydrogens is 264 g/mol. The molecule has 106 valence electrons. The number of benzene rings is 2. The highest BCUT2D eigenvalue weighted by molar-refractivity contribution is 6.15. The van der Waals surface area contributed by atoms with Crippen molar-refractivity contribution in [1.29, 1.82) is 0 Å². The molecule has 0 unspecified atom stereocenters. The predicted octanol–water partition coefficient (Wildman–Crippen LogP) is 4.45. The largest absolute Gasteiger partial charge is 0.494 e. The molecule has 0 saturated heterocycles. The molecule has 3 rings (SSSR count). The summed E-state index contributed by atoms with van der Waals surface area (Å²) in [6.07, 6.45) is 2.46. The Labute approximate surface area is 123 Å². The fourth-order valence-corrected chi connectivity index (χ4v) is 2.24. The monoisotopic (exact) mass is 280 g/mol. The molecule has 3 nitrogen and oxygen atoms in total. The van der Waals surface area contributed by atoms with Crippen molar-refractivity contribution >= 4 is 16.8 Å². The van der Waals surface area contributed by atoms with Crippen molar-refractivity contribution in [1.82, 2.24) is 0 Å². The third-order valence-electron chi connectivity index (χ3n) is 3.30. The Hall–Kier alpha value is -2.55. The Kier molecular flexibility index (Phi) is 3.73. The van der Waals surface area contributed by atoms with Crippen LogP contribution in [0, 0.1) is 0 Å². The van der Waals surface area contributed by atoms with E-state index in [1.54, 1.807) is 12.1 Å². The molecule has 0 aliphatic rings. The second-order valence-electron chi connectivity index (χ2n) is 4.85. The highest BCUT2D eigenvalue weighted by Crippen LogP contribution is 2.27. The van der Waals surface area contributed by atoms with Crippen molar-refractivity contribution in [3.8, 4) is 5.75 Å². The minimum absolute atomic E-state index is 0.0398. The minimum atomic E-state index is -0.0398. The lowest BCUT2D eigenvalue weighted by atomic mass is 10.0. The summed E-state index contributed by atoms with van der Waals surface area (Å²) < 4.78 is 11.1. The summed E-state index contributed by atoms with van der Waals surface area (Å²) in [4.78, 5) is 12.5. The van der Waals surface area contributed by atoms with E-state index in [4.69, 9.17) is 9.15 Å². The number of furan rings is 1. The first-order valence-corrected chi connectivity index (χ1v) is 7.03. The average Bonchev–Trinajstić information content (AvgIpc) is 2.96. The molecule has 0 N–H and O–H groups in total. The van der Waals surface area contributed by atoms with Gasteiger partial charge in [-0.15, -0.1) is 0 Å². The fraction of sp³-hybridized carbons (Fsp3) is 0.167. The molecule has 0 radical (unpaired) electrons. The van der Waals surface area contributed by atoms with Crippen molar-refractivity contribution in [3.05, 3.63) is 65.9 Å². The maximum atomic E-state index is 12.5. The van der Waals surface area contributed by atoms with Gasteiger partial charge in [-0.05, 0) is 24.6 Å². The molecule has 0 spiro atoms. The first-order chi connectivity index (χ1) is 10.3. The maximum Gasteiger partial charge on any atom is 0.196 e. The van der Waals surface area contributed by atoms with Gasteiger partial charge in [-0.2, -0.15) is 0 Å². The average molecular weight is 280 g/mol. The van der Waals surface area contributed by atoms with Gasteiger partial charge < -0.3 is 9.15 Å². The second kappa shape index (κ2) is 5.83. The number of carbonyl (C=O) groups is 1. The molecule has 0 aliphatic heterocycles. The molecule has 1 heterocycles. The number of hydrogen-bond acceptors (Lipinski definition) is 3. The summed E-state index contributed by atoms with van der Waals surface area (Å²) in [6.45, 7) is 2.71. The number of fused-ring (bicyclic) bond motifs is 1. The van der Waals surface area contributed by atoms with Crippen LogP contribution in [0.15, 0.2) is 59.2 Å². The fourth-order valence-electron chi connectivity index (χ4n) is 2.24. The van der Waals surface area contributed by atoms with Crippen molar-refractivity contribution < 1.29 is 13.9 Å². The van der Waals surface area contributed by atoms with Crippen molar-refractivity contribution in [2.24, 2.45) is 0 Å². The van der Waals surface area contributed by atoms with Crippen LogP contribution in [0.5, 0.6) is 5.75 Å². The zero-order valence-corrected chi connectivity index (χ0v) is 11.8. The lowest BCUT2D eigenvalue weighted by Crippen LogP contribution is -2.00. The third-order valence-corrected chi connectivity index (χ3v) is 3.30. The van der Waals surface area contributed by atoms with E-state index in [1.165, 1.54) is 6.26 Å². The van der Waals surface area contributed by atoms with Gasteiger partial charge in [0.05, 0.1) is 12.2 Å². The van der Waals surface area contributed by atoms with Crippen LogP contribution in [0.3, 0.4) is 0 Å². The molecule has 21 heavy (non-hydrogen) atoms. The highest BCUT2D eigenvalue weighted by Gasteiger charge is 2.16. The SMILES string of the molecule is CCCOc1ccc2occ(C(=O)c3ccccc3)c2c1. The van der Waals surface area contributed by atoms with Crippen molar-refractivity contribution in [2.75, 3.05) is 6.61 Å². The second-order valence-corrected chi connectivity index (χ2v) is 4.85. The molecule has 0 saturated carbocycles. The lowest BCUT2D eigenvalue weighted by molar-refractivity contribution is 0.103. The summed E-state index contributed by atoms with van der Waals surface area (Å²) in [5, 5.41) is 0.789. The minimum Gasteiger partial charge on any atom is -0.494 e. The molecular formula is C18H16O3. The summed E-state index contributed by atoms with van der Waals surface area (Å²) in [5.74, 6) is 0.717. The van der Waals surface area contributed by atoms with Crippen LogP contribution in [0.25, 0.3) is 11.0 Å². The quantitative estimate of drug-likeness (QED) is 0.648. The Morgan fingerprint density at radius 1 is 1.14 bits per heavy atom. The van der Waals surface area contributed by atoms with E-state index in [9.17, 15) is 4.79 Å². The number of ether oxygens (including phenoxy) is 1. The summed E-state index contributed by atoms with van der Waals surface area (Å²) >= 11 is 0. The molecule has 2 aromatic carbocycles. The van der Waals surface area contributed by atoms with E-state index >= 15 is 0 Å². The molecule has 0 atom stereocenters. The van der Waals surface area contributed by atoms with Crippen LogP contribution in [0.2, 0.25) is 0 Å². The van der Waals surface area contributed by atoms with Crippen LogP contribution in [-0.2, 0) is 0 Å². The van der Waals surface area contributed by atoms with Gasteiger partial charge in [-0.3, -0.25) is 4.79 Å². The molecule has 0 aliphatic carbocycles. The maximum absolute atomic E-state index is 12.5. The van der Waals surface area contributed by atoms with Gasteiger partial charge >= 0.3 is 0 Å². The van der Waals surface area contributed by atoms with Gasteiger partial charge in [0.15, 0.2) is 5.78 Å². The molecule has 0 fully saturated rings. The van der Waals surface area contributed by atoms with Crippen molar-refractivity contribution in [3.63, 3.8) is 0 Å². The van der Waals surface area contributed by atoms with E-state index < -0.39 is 0 Å². The van der Waals surface area contributed by atoms with Gasteiger partial charge in [-0.1, -0.05) is 37.3 Å². The van der Waals surface area contributed by atoms with Crippen molar-refractivity contribution in [2.45, 2.75) is 13.3 Å². The van der Waals surface area contributed by atoms with Crippen LogP contribution in [0.4, 0.5) is 0 Å². The van der Waals surface area contributed by atoms with Gasteiger partial charge in [0.2, 0.25) is 0 Å². The molecule has 0 amide bonds. The summed E-state index contributed by atoms with van der Waals surface area (Å²) in [5.41, 5.74) is 1.91. The zero-order chi connectivity index (χ0) is 14.7.